The van der Waals surface area contributed by atoms with Gasteiger partial charge in [0.25, 0.3) is 0 Å². The van der Waals surface area contributed by atoms with Crippen LogP contribution in [0.15, 0.2) is 33.8 Å². The van der Waals surface area contributed by atoms with Crippen LogP contribution in [0.25, 0.3) is 0 Å². The number of hydrogen-bond donors (Lipinski definition) is 1. The Balaban J connectivity index is 0.00000280. The van der Waals surface area contributed by atoms with Crippen molar-refractivity contribution in [2.75, 3.05) is 26.2 Å². The molecule has 0 aliphatic carbocycles. The maximum atomic E-state index is 12.6. The van der Waals surface area contributed by atoms with Crippen molar-refractivity contribution in [2.24, 2.45) is 4.99 Å². The van der Waals surface area contributed by atoms with Crippen molar-refractivity contribution in [3.63, 3.8) is 0 Å². The van der Waals surface area contributed by atoms with Gasteiger partial charge >= 0.3 is 0 Å². The summed E-state index contributed by atoms with van der Waals surface area (Å²) in [5, 5.41) is 7.68. The predicted molar refractivity (Wildman–Crippen MR) is 118 cm³/mol. The van der Waals surface area contributed by atoms with Crippen molar-refractivity contribution < 1.29 is 9.32 Å². The highest BCUT2D eigenvalue weighted by atomic mass is 127. The number of rotatable bonds is 5. The number of guanidine groups is 1. The van der Waals surface area contributed by atoms with Gasteiger partial charge in [0, 0.05) is 31.2 Å². The third-order valence-corrected chi connectivity index (χ3v) is 4.43. The van der Waals surface area contributed by atoms with E-state index in [1.54, 1.807) is 6.92 Å². The highest BCUT2D eigenvalue weighted by Gasteiger charge is 2.26. The summed E-state index contributed by atoms with van der Waals surface area (Å²) < 4.78 is 5.09. The molecule has 2 heterocycles. The molecule has 10 heteroatoms. The summed E-state index contributed by atoms with van der Waals surface area (Å²) in [7, 11) is 0. The standard InChI is InChI=1S/C18H23ClN6O2.HI/c1-3-20-18(21-10-16-22-13(2)23-27-16)25-9-8-24(17(26)12-25)11-14-4-6-15(19)7-5-14;/h4-7H,3,8-12H2,1-2H3,(H,20,21);1H. The van der Waals surface area contributed by atoms with Gasteiger partial charge in [0.1, 0.15) is 6.54 Å². The van der Waals surface area contributed by atoms with Crippen LogP contribution in [0.4, 0.5) is 0 Å². The van der Waals surface area contributed by atoms with Gasteiger partial charge < -0.3 is 19.6 Å². The zero-order valence-corrected chi connectivity index (χ0v) is 19.0. The molecule has 1 aliphatic rings. The fourth-order valence-electron chi connectivity index (χ4n) is 2.84. The Labute approximate surface area is 186 Å². The first-order chi connectivity index (χ1) is 13.0. The SMILES string of the molecule is CCNC(=NCc1nc(C)no1)N1CCN(Cc2ccc(Cl)cc2)C(=O)C1.I. The molecule has 1 aromatic heterocycles. The van der Waals surface area contributed by atoms with Crippen molar-refractivity contribution in [1.82, 2.24) is 25.3 Å². The topological polar surface area (TPSA) is 86.9 Å². The smallest absolute Gasteiger partial charge is 0.248 e. The van der Waals surface area contributed by atoms with Crippen molar-refractivity contribution in [2.45, 2.75) is 26.9 Å². The Morgan fingerprint density at radius 3 is 2.68 bits per heavy atom. The second-order valence-corrected chi connectivity index (χ2v) is 6.71. The molecule has 1 amide bonds. The Hall–Kier alpha value is -1.88. The summed E-state index contributed by atoms with van der Waals surface area (Å²) in [6, 6.07) is 7.57. The molecule has 1 N–H and O–H groups in total. The fraction of sp³-hybridized carbons (Fsp3) is 0.444. The molecular formula is C18H24ClIN6O2. The molecule has 0 radical (unpaired) electrons. The van der Waals surface area contributed by atoms with E-state index in [0.29, 0.717) is 48.9 Å². The minimum absolute atomic E-state index is 0. The number of nitrogens with one attached hydrogen (secondary N) is 1. The molecule has 8 nitrogen and oxygen atoms in total. The summed E-state index contributed by atoms with van der Waals surface area (Å²) in [5.41, 5.74) is 1.06. The van der Waals surface area contributed by atoms with Crippen molar-refractivity contribution in [1.29, 1.82) is 0 Å². The molecule has 1 aromatic carbocycles. The van der Waals surface area contributed by atoms with E-state index in [0.717, 1.165) is 5.56 Å². The molecule has 0 spiro atoms. The maximum Gasteiger partial charge on any atom is 0.248 e. The zero-order chi connectivity index (χ0) is 19.2. The highest BCUT2D eigenvalue weighted by molar-refractivity contribution is 14.0. The van der Waals surface area contributed by atoms with E-state index >= 15 is 0 Å². The second kappa shape index (κ2) is 10.6. The van der Waals surface area contributed by atoms with Gasteiger partial charge in [0.15, 0.2) is 11.8 Å². The normalized spacial score (nSPS) is 14.8. The van der Waals surface area contributed by atoms with Gasteiger partial charge in [-0.15, -0.1) is 24.0 Å². The number of hydrogen-bond acceptors (Lipinski definition) is 5. The minimum Gasteiger partial charge on any atom is -0.356 e. The van der Waals surface area contributed by atoms with Gasteiger partial charge in [-0.3, -0.25) is 4.79 Å². The first kappa shape index (κ1) is 22.4. The molecular weight excluding hydrogens is 495 g/mol. The lowest BCUT2D eigenvalue weighted by atomic mass is 10.2. The number of halogens is 2. The third kappa shape index (κ3) is 6.06. The van der Waals surface area contributed by atoms with Crippen LogP contribution in [0.1, 0.15) is 24.2 Å². The molecule has 28 heavy (non-hydrogen) atoms. The van der Waals surface area contributed by atoms with E-state index in [4.69, 9.17) is 16.1 Å². The number of aryl methyl sites for hydroxylation is 1. The van der Waals surface area contributed by atoms with Crippen molar-refractivity contribution in [3.8, 4) is 0 Å². The van der Waals surface area contributed by atoms with E-state index in [1.165, 1.54) is 0 Å². The first-order valence-electron chi connectivity index (χ1n) is 8.90. The zero-order valence-electron chi connectivity index (χ0n) is 15.9. The molecule has 0 atom stereocenters. The summed E-state index contributed by atoms with van der Waals surface area (Å²) >= 11 is 5.92. The molecule has 1 saturated heterocycles. The number of benzene rings is 1. The molecule has 3 rings (SSSR count). The Morgan fingerprint density at radius 2 is 2.07 bits per heavy atom. The van der Waals surface area contributed by atoms with E-state index in [9.17, 15) is 4.79 Å². The van der Waals surface area contributed by atoms with Crippen LogP contribution in [0, 0.1) is 6.92 Å². The first-order valence-corrected chi connectivity index (χ1v) is 9.27. The second-order valence-electron chi connectivity index (χ2n) is 6.27. The molecule has 1 fully saturated rings. The lowest BCUT2D eigenvalue weighted by Crippen LogP contribution is -2.54. The lowest BCUT2D eigenvalue weighted by Gasteiger charge is -2.36. The molecule has 2 aromatic rings. The average molecular weight is 519 g/mol. The quantitative estimate of drug-likeness (QED) is 0.372. The van der Waals surface area contributed by atoms with Crippen LogP contribution in [-0.2, 0) is 17.9 Å². The van der Waals surface area contributed by atoms with Crippen molar-refractivity contribution >= 4 is 47.4 Å². The minimum atomic E-state index is 0. The van der Waals surface area contributed by atoms with E-state index in [-0.39, 0.29) is 43.0 Å². The van der Waals surface area contributed by atoms with Crippen LogP contribution < -0.4 is 5.32 Å². The summed E-state index contributed by atoms with van der Waals surface area (Å²) in [4.78, 5) is 25.1. The number of piperazine rings is 1. The number of carbonyl (C=O) groups excluding carboxylic acids is 1. The van der Waals surface area contributed by atoms with Gasteiger partial charge in [-0.1, -0.05) is 28.9 Å². The van der Waals surface area contributed by atoms with Gasteiger partial charge in [-0.25, -0.2) is 4.99 Å². The molecule has 1 aliphatic heterocycles. The maximum absolute atomic E-state index is 12.6. The summed E-state index contributed by atoms with van der Waals surface area (Å²) in [5.74, 6) is 1.77. The van der Waals surface area contributed by atoms with Crippen LogP contribution in [0.5, 0.6) is 0 Å². The van der Waals surface area contributed by atoms with Gasteiger partial charge in [0.2, 0.25) is 11.8 Å². The van der Waals surface area contributed by atoms with Gasteiger partial charge in [-0.2, -0.15) is 4.98 Å². The molecule has 152 valence electrons. The Morgan fingerprint density at radius 1 is 1.32 bits per heavy atom. The molecule has 0 saturated carbocycles. The third-order valence-electron chi connectivity index (χ3n) is 4.17. The summed E-state index contributed by atoms with van der Waals surface area (Å²) in [6.07, 6.45) is 0. The number of aromatic nitrogens is 2. The average Bonchev–Trinajstić information content (AvgIpc) is 3.07. The fourth-order valence-corrected chi connectivity index (χ4v) is 2.97. The lowest BCUT2D eigenvalue weighted by molar-refractivity contribution is -0.135. The van der Waals surface area contributed by atoms with E-state index < -0.39 is 0 Å². The van der Waals surface area contributed by atoms with Crippen LogP contribution in [0.2, 0.25) is 5.02 Å². The highest BCUT2D eigenvalue weighted by Crippen LogP contribution is 2.14. The van der Waals surface area contributed by atoms with E-state index in [2.05, 4.69) is 20.4 Å². The molecule has 0 bridgehead atoms. The van der Waals surface area contributed by atoms with Crippen LogP contribution in [0.3, 0.4) is 0 Å². The largest absolute Gasteiger partial charge is 0.356 e. The monoisotopic (exact) mass is 518 g/mol. The number of carbonyl (C=O) groups is 1. The van der Waals surface area contributed by atoms with Crippen molar-refractivity contribution in [3.05, 3.63) is 46.6 Å². The Bertz CT molecular complexity index is 811. The predicted octanol–water partition coefficient (Wildman–Crippen LogP) is 2.46. The van der Waals surface area contributed by atoms with Gasteiger partial charge in [0.05, 0.1) is 6.54 Å². The van der Waals surface area contributed by atoms with Gasteiger partial charge in [-0.05, 0) is 31.5 Å². The summed E-state index contributed by atoms with van der Waals surface area (Å²) in [6.45, 7) is 6.94. The van der Waals surface area contributed by atoms with Crippen LogP contribution >= 0.6 is 35.6 Å². The number of aliphatic imine (C=N–C) groups is 1. The number of nitrogens with zero attached hydrogens (tertiary/aromatic N) is 5. The molecule has 0 unspecified atom stereocenters. The Kier molecular flexibility index (Phi) is 8.49. The number of amides is 1. The van der Waals surface area contributed by atoms with Crippen LogP contribution in [-0.4, -0.2) is 58.0 Å². The van der Waals surface area contributed by atoms with E-state index in [1.807, 2.05) is 41.0 Å².